The van der Waals surface area contributed by atoms with Crippen molar-refractivity contribution in [1.82, 2.24) is 14.5 Å². The molecule has 0 aliphatic rings. The monoisotopic (exact) mass is 623 g/mol. The zero-order chi connectivity index (χ0) is 32.3. The first-order valence-corrected chi connectivity index (χ1v) is 16.7. The Labute approximate surface area is 283 Å². The Hall–Kier alpha value is -6.58. The first-order chi connectivity index (χ1) is 24.3. The van der Waals surface area contributed by atoms with Crippen molar-refractivity contribution in [1.29, 1.82) is 0 Å². The second-order valence-electron chi connectivity index (χ2n) is 12.6. The van der Waals surface area contributed by atoms with Gasteiger partial charge in [0.15, 0.2) is 5.82 Å². The van der Waals surface area contributed by atoms with E-state index in [1.807, 2.05) is 12.1 Å². The van der Waals surface area contributed by atoms with Crippen molar-refractivity contribution in [2.45, 2.75) is 0 Å². The van der Waals surface area contributed by atoms with Gasteiger partial charge in [-0.15, -0.1) is 0 Å². The summed E-state index contributed by atoms with van der Waals surface area (Å²) < 4.78 is 2.45. The largest absolute Gasteiger partial charge is 0.309 e. The van der Waals surface area contributed by atoms with Gasteiger partial charge in [-0.3, -0.25) is 0 Å². The minimum Gasteiger partial charge on any atom is -0.309 e. The molecule has 0 aliphatic heterocycles. The molecule has 0 unspecified atom stereocenters. The molecule has 228 valence electrons. The predicted octanol–water partition coefficient (Wildman–Crippen LogP) is 12.0. The summed E-state index contributed by atoms with van der Waals surface area (Å²) >= 11 is 0. The fraction of sp³-hybridized carbons (Fsp3) is 0. The Bertz CT molecular complexity index is 2800. The van der Waals surface area contributed by atoms with Crippen LogP contribution in [0.2, 0.25) is 0 Å². The summed E-state index contributed by atoms with van der Waals surface area (Å²) in [6, 6.07) is 62.5. The Morgan fingerprint density at radius 3 is 1.61 bits per heavy atom. The van der Waals surface area contributed by atoms with E-state index in [0.717, 1.165) is 39.3 Å². The molecule has 0 atom stereocenters. The number of rotatable bonds is 4. The molecule has 0 N–H and O–H groups in total. The van der Waals surface area contributed by atoms with Crippen LogP contribution >= 0.6 is 0 Å². The van der Waals surface area contributed by atoms with Gasteiger partial charge in [0.05, 0.1) is 22.4 Å². The number of benzene rings is 8. The smallest absolute Gasteiger partial charge is 0.160 e. The molecule has 0 radical (unpaired) electrons. The standard InChI is InChI=1S/C46H29N3/c1-4-15-31(16-5-1)40-29-41(32-17-6-2-7-18-32)48-46(47-40)33-25-27-42-39(28-33)44-37-23-13-12-22-36(37)38-26-24-30-14-10-11-21-35(30)43(38)45(44)49(42)34-19-8-3-9-20-34/h1-29H. The average Bonchev–Trinajstić information content (AvgIpc) is 3.53. The molecule has 2 aromatic heterocycles. The molecule has 0 fully saturated rings. The van der Waals surface area contributed by atoms with E-state index in [4.69, 9.17) is 9.97 Å². The number of para-hydroxylation sites is 1. The Morgan fingerprint density at radius 1 is 0.367 bits per heavy atom. The summed E-state index contributed by atoms with van der Waals surface area (Å²) in [5.74, 6) is 0.707. The molecule has 0 saturated carbocycles. The normalized spacial score (nSPS) is 11.7. The molecule has 8 aromatic carbocycles. The molecule has 2 heterocycles. The molecule has 3 nitrogen and oxygen atoms in total. The van der Waals surface area contributed by atoms with Crippen LogP contribution in [0.25, 0.3) is 93.7 Å². The van der Waals surface area contributed by atoms with Gasteiger partial charge in [0, 0.05) is 38.5 Å². The number of fused-ring (bicyclic) bond motifs is 10. The summed E-state index contributed by atoms with van der Waals surface area (Å²) in [5, 5.41) is 9.91. The van der Waals surface area contributed by atoms with Gasteiger partial charge in [0.25, 0.3) is 0 Å². The molecule has 0 saturated heterocycles. The lowest BCUT2D eigenvalue weighted by atomic mass is 9.93. The van der Waals surface area contributed by atoms with E-state index >= 15 is 0 Å². The fourth-order valence-corrected chi connectivity index (χ4v) is 7.56. The summed E-state index contributed by atoms with van der Waals surface area (Å²) in [6.07, 6.45) is 0. The van der Waals surface area contributed by atoms with Gasteiger partial charge in [-0.1, -0.05) is 140 Å². The maximum absolute atomic E-state index is 5.19. The number of nitrogens with zero attached hydrogens (tertiary/aromatic N) is 3. The third-order valence-electron chi connectivity index (χ3n) is 9.76. The van der Waals surface area contributed by atoms with Gasteiger partial charge in [-0.05, 0) is 63.3 Å². The lowest BCUT2D eigenvalue weighted by Gasteiger charge is -2.14. The van der Waals surface area contributed by atoms with Crippen molar-refractivity contribution in [3.63, 3.8) is 0 Å². The molecular formula is C46H29N3. The van der Waals surface area contributed by atoms with Gasteiger partial charge in [0.2, 0.25) is 0 Å². The van der Waals surface area contributed by atoms with Crippen LogP contribution in [0.4, 0.5) is 0 Å². The van der Waals surface area contributed by atoms with Gasteiger partial charge in [-0.2, -0.15) is 0 Å². The average molecular weight is 624 g/mol. The van der Waals surface area contributed by atoms with Crippen LogP contribution in [0.15, 0.2) is 176 Å². The Balaban J connectivity index is 1.35. The minimum atomic E-state index is 0.707. The SMILES string of the molecule is c1ccc(-c2cc(-c3ccccc3)nc(-c3ccc4c(c3)c3c5ccccc5c5ccc6ccccc6c5c3n4-c3ccccc3)n2)cc1. The zero-order valence-electron chi connectivity index (χ0n) is 26.6. The third-order valence-corrected chi connectivity index (χ3v) is 9.76. The van der Waals surface area contributed by atoms with Crippen LogP contribution in [0.3, 0.4) is 0 Å². The lowest BCUT2D eigenvalue weighted by Crippen LogP contribution is -1.96. The van der Waals surface area contributed by atoms with Gasteiger partial charge < -0.3 is 4.57 Å². The van der Waals surface area contributed by atoms with E-state index in [1.54, 1.807) is 0 Å². The van der Waals surface area contributed by atoms with Gasteiger partial charge in [0.1, 0.15) is 0 Å². The highest BCUT2D eigenvalue weighted by Gasteiger charge is 2.21. The van der Waals surface area contributed by atoms with Crippen LogP contribution in [0.5, 0.6) is 0 Å². The molecule has 0 bridgehead atoms. The van der Waals surface area contributed by atoms with Crippen molar-refractivity contribution < 1.29 is 0 Å². The number of hydrogen-bond donors (Lipinski definition) is 0. The van der Waals surface area contributed by atoms with Crippen LogP contribution in [-0.4, -0.2) is 14.5 Å². The molecule has 0 aliphatic carbocycles. The molecule has 49 heavy (non-hydrogen) atoms. The van der Waals surface area contributed by atoms with E-state index in [2.05, 4.69) is 168 Å². The van der Waals surface area contributed by atoms with Crippen LogP contribution in [0, 0.1) is 0 Å². The molecule has 3 heteroatoms. The predicted molar refractivity (Wildman–Crippen MR) is 205 cm³/mol. The highest BCUT2D eigenvalue weighted by Crippen LogP contribution is 2.45. The second-order valence-corrected chi connectivity index (χ2v) is 12.6. The maximum atomic E-state index is 5.19. The summed E-state index contributed by atoms with van der Waals surface area (Å²) in [4.78, 5) is 10.4. The zero-order valence-corrected chi connectivity index (χ0v) is 26.6. The van der Waals surface area contributed by atoms with Crippen molar-refractivity contribution in [2.24, 2.45) is 0 Å². The van der Waals surface area contributed by atoms with E-state index in [-0.39, 0.29) is 0 Å². The highest BCUT2D eigenvalue weighted by atomic mass is 15.0. The Kier molecular flexibility index (Phi) is 6.18. The topological polar surface area (TPSA) is 30.7 Å². The molecule has 0 amide bonds. The van der Waals surface area contributed by atoms with E-state index in [9.17, 15) is 0 Å². The second kappa shape index (κ2) is 11.0. The summed E-state index contributed by atoms with van der Waals surface area (Å²) in [5.41, 5.74) is 8.41. The first kappa shape index (κ1) is 27.5. The number of aromatic nitrogens is 3. The molecular weight excluding hydrogens is 595 g/mol. The summed E-state index contributed by atoms with van der Waals surface area (Å²) in [6.45, 7) is 0. The molecule has 0 spiro atoms. The van der Waals surface area contributed by atoms with Gasteiger partial charge >= 0.3 is 0 Å². The lowest BCUT2D eigenvalue weighted by molar-refractivity contribution is 1.18. The van der Waals surface area contributed by atoms with Crippen molar-refractivity contribution in [2.75, 3.05) is 0 Å². The van der Waals surface area contributed by atoms with Crippen LogP contribution < -0.4 is 0 Å². The summed E-state index contributed by atoms with van der Waals surface area (Å²) in [7, 11) is 0. The van der Waals surface area contributed by atoms with Crippen molar-refractivity contribution in [3.8, 4) is 39.6 Å². The maximum Gasteiger partial charge on any atom is 0.160 e. The quantitative estimate of drug-likeness (QED) is 0.183. The Morgan fingerprint density at radius 2 is 0.918 bits per heavy atom. The van der Waals surface area contributed by atoms with Crippen LogP contribution in [-0.2, 0) is 0 Å². The third kappa shape index (κ3) is 4.37. The van der Waals surface area contributed by atoms with E-state index < -0.39 is 0 Å². The highest BCUT2D eigenvalue weighted by molar-refractivity contribution is 6.36. The van der Waals surface area contributed by atoms with E-state index in [0.29, 0.717) is 5.82 Å². The van der Waals surface area contributed by atoms with Crippen molar-refractivity contribution >= 4 is 54.1 Å². The van der Waals surface area contributed by atoms with Crippen LogP contribution in [0.1, 0.15) is 0 Å². The van der Waals surface area contributed by atoms with E-state index in [1.165, 1.54) is 48.6 Å². The molecule has 10 aromatic rings. The van der Waals surface area contributed by atoms with Crippen molar-refractivity contribution in [3.05, 3.63) is 176 Å². The molecule has 10 rings (SSSR count). The van der Waals surface area contributed by atoms with Gasteiger partial charge in [-0.25, -0.2) is 9.97 Å². The fourth-order valence-electron chi connectivity index (χ4n) is 7.56. The minimum absolute atomic E-state index is 0.707. The first-order valence-electron chi connectivity index (χ1n) is 16.7. The number of hydrogen-bond acceptors (Lipinski definition) is 2.